The second-order valence-electron chi connectivity index (χ2n) is 11.9. The first-order valence-electron chi connectivity index (χ1n) is 14.6. The van der Waals surface area contributed by atoms with Gasteiger partial charge in [-0.1, -0.05) is 114 Å². The average molecular weight is 521 g/mol. The lowest BCUT2D eigenvalue weighted by molar-refractivity contribution is 0.630. The van der Waals surface area contributed by atoms with Crippen LogP contribution in [0, 0.1) is 0 Å². The predicted octanol–water partition coefficient (Wildman–Crippen LogP) is 10.6. The highest BCUT2D eigenvalue weighted by Crippen LogP contribution is 2.53. The van der Waals surface area contributed by atoms with Crippen molar-refractivity contribution < 1.29 is 0 Å². The lowest BCUT2D eigenvalue weighted by Crippen LogP contribution is -2.30. The fourth-order valence-corrected chi connectivity index (χ4v) is 7.24. The molecule has 0 saturated carbocycles. The summed E-state index contributed by atoms with van der Waals surface area (Å²) in [6.07, 6.45) is 0. The average Bonchev–Trinajstić information content (AvgIpc) is 3.32. The Kier molecular flexibility index (Phi) is 5.31. The molecular formula is C38H36N2. The standard InChI is InChI=1S/C36H30N2.C2H6/c1-35(2)26-13-5-8-17-31(26)37(32-18-9-6-14-27(32)35)23-20-21-30-25(22-23)24-12-11-16-29-34(24)38(30)33-19-10-7-15-28(33)36(29,3)4;1-2/h5-22H,1-4H3;1-2H3. The lowest BCUT2D eigenvalue weighted by Gasteiger charge is -2.42. The zero-order chi connectivity index (χ0) is 27.8. The van der Waals surface area contributed by atoms with Gasteiger partial charge in [0.05, 0.1) is 28.1 Å². The molecule has 40 heavy (non-hydrogen) atoms. The normalized spacial score (nSPS) is 15.6. The molecule has 198 valence electrons. The number of nitrogens with zero attached hydrogens (tertiary/aromatic N) is 2. The fourth-order valence-electron chi connectivity index (χ4n) is 7.24. The molecule has 0 atom stereocenters. The van der Waals surface area contributed by atoms with Gasteiger partial charge in [-0.05, 0) is 58.7 Å². The zero-order valence-corrected chi connectivity index (χ0v) is 24.3. The Hall–Kier alpha value is -4.30. The van der Waals surface area contributed by atoms with Crippen LogP contribution < -0.4 is 4.90 Å². The van der Waals surface area contributed by atoms with Gasteiger partial charge in [-0.25, -0.2) is 0 Å². The van der Waals surface area contributed by atoms with Crippen LogP contribution in [0.15, 0.2) is 109 Å². The van der Waals surface area contributed by atoms with Gasteiger partial charge < -0.3 is 9.47 Å². The Bertz CT molecular complexity index is 1890. The SMILES string of the molecule is CC.CC1(C)c2ccccc2N(c2ccc3c(c2)c2cccc4c2n3-c2ccccc2C4(C)C)c2ccccc21. The smallest absolute Gasteiger partial charge is 0.0582 e. The first-order chi connectivity index (χ1) is 19.4. The first-order valence-corrected chi connectivity index (χ1v) is 14.6. The minimum Gasteiger partial charge on any atom is -0.310 e. The molecule has 8 rings (SSSR count). The molecule has 0 N–H and O–H groups in total. The summed E-state index contributed by atoms with van der Waals surface area (Å²) in [6.45, 7) is 13.4. The summed E-state index contributed by atoms with van der Waals surface area (Å²) in [5.74, 6) is 0. The van der Waals surface area contributed by atoms with E-state index >= 15 is 0 Å². The Balaban J connectivity index is 0.00000130. The van der Waals surface area contributed by atoms with Crippen molar-refractivity contribution in [3.05, 3.63) is 131 Å². The van der Waals surface area contributed by atoms with E-state index in [1.54, 1.807) is 0 Å². The van der Waals surface area contributed by atoms with Crippen molar-refractivity contribution in [2.45, 2.75) is 52.4 Å². The number of hydrogen-bond acceptors (Lipinski definition) is 1. The van der Waals surface area contributed by atoms with Crippen LogP contribution in [0.4, 0.5) is 17.1 Å². The summed E-state index contributed by atoms with van der Waals surface area (Å²) in [5.41, 5.74) is 13.0. The van der Waals surface area contributed by atoms with Crippen molar-refractivity contribution in [3.8, 4) is 5.69 Å². The molecule has 0 aliphatic carbocycles. The third-order valence-electron chi connectivity index (χ3n) is 9.16. The van der Waals surface area contributed by atoms with Gasteiger partial charge in [-0.15, -0.1) is 0 Å². The topological polar surface area (TPSA) is 8.17 Å². The molecule has 2 aliphatic heterocycles. The maximum absolute atomic E-state index is 2.49. The van der Waals surface area contributed by atoms with Gasteiger partial charge in [0.2, 0.25) is 0 Å². The van der Waals surface area contributed by atoms with Crippen LogP contribution in [-0.4, -0.2) is 4.57 Å². The van der Waals surface area contributed by atoms with Gasteiger partial charge >= 0.3 is 0 Å². The summed E-state index contributed by atoms with van der Waals surface area (Å²) in [7, 11) is 0. The third-order valence-corrected chi connectivity index (χ3v) is 9.16. The van der Waals surface area contributed by atoms with Gasteiger partial charge in [-0.3, -0.25) is 0 Å². The molecular weight excluding hydrogens is 484 g/mol. The van der Waals surface area contributed by atoms with Crippen LogP contribution in [0.1, 0.15) is 63.8 Å². The molecule has 2 heteroatoms. The van der Waals surface area contributed by atoms with Gasteiger partial charge in [0.25, 0.3) is 0 Å². The summed E-state index contributed by atoms with van der Waals surface area (Å²) >= 11 is 0. The van der Waals surface area contributed by atoms with Gasteiger partial charge in [0.15, 0.2) is 0 Å². The van der Waals surface area contributed by atoms with E-state index in [1.807, 2.05) is 13.8 Å². The second-order valence-corrected chi connectivity index (χ2v) is 11.9. The van der Waals surface area contributed by atoms with Crippen molar-refractivity contribution in [1.82, 2.24) is 4.57 Å². The molecule has 0 bridgehead atoms. The molecule has 5 aromatic carbocycles. The number of aromatic nitrogens is 1. The summed E-state index contributed by atoms with van der Waals surface area (Å²) < 4.78 is 2.49. The molecule has 0 spiro atoms. The number of hydrogen-bond donors (Lipinski definition) is 0. The summed E-state index contributed by atoms with van der Waals surface area (Å²) in [6, 6.07) is 40.6. The molecule has 1 aromatic heterocycles. The Labute approximate surface area is 237 Å². The van der Waals surface area contributed by atoms with E-state index in [2.05, 4.69) is 146 Å². The number of para-hydroxylation sites is 4. The number of benzene rings is 5. The number of fused-ring (bicyclic) bond motifs is 7. The van der Waals surface area contributed by atoms with Crippen LogP contribution in [0.2, 0.25) is 0 Å². The highest BCUT2D eigenvalue weighted by molar-refractivity contribution is 6.13. The second kappa shape index (κ2) is 8.60. The first kappa shape index (κ1) is 24.7. The van der Waals surface area contributed by atoms with E-state index in [1.165, 1.54) is 66.8 Å². The van der Waals surface area contributed by atoms with Crippen molar-refractivity contribution in [1.29, 1.82) is 0 Å². The van der Waals surface area contributed by atoms with Gasteiger partial charge in [0, 0.05) is 27.3 Å². The Morgan fingerprint density at radius 3 is 1.60 bits per heavy atom. The number of anilines is 3. The molecule has 0 amide bonds. The third kappa shape index (κ3) is 3.11. The molecule has 3 heterocycles. The highest BCUT2D eigenvalue weighted by Gasteiger charge is 2.37. The monoisotopic (exact) mass is 520 g/mol. The van der Waals surface area contributed by atoms with E-state index in [4.69, 9.17) is 0 Å². The van der Waals surface area contributed by atoms with Crippen LogP contribution in [-0.2, 0) is 10.8 Å². The summed E-state index contributed by atoms with van der Waals surface area (Å²) in [4.78, 5) is 2.46. The minimum absolute atomic E-state index is 0.0559. The van der Waals surface area contributed by atoms with E-state index in [9.17, 15) is 0 Å². The van der Waals surface area contributed by atoms with Crippen molar-refractivity contribution in [3.63, 3.8) is 0 Å². The largest absolute Gasteiger partial charge is 0.310 e. The maximum Gasteiger partial charge on any atom is 0.0582 e. The molecule has 0 radical (unpaired) electrons. The van der Waals surface area contributed by atoms with Crippen LogP contribution in [0.25, 0.3) is 27.5 Å². The van der Waals surface area contributed by atoms with E-state index in [0.717, 1.165) is 0 Å². The fraction of sp³-hybridized carbons (Fsp3) is 0.211. The number of rotatable bonds is 1. The molecule has 6 aromatic rings. The molecule has 2 aliphatic rings. The van der Waals surface area contributed by atoms with E-state index < -0.39 is 0 Å². The van der Waals surface area contributed by atoms with Crippen LogP contribution in [0.3, 0.4) is 0 Å². The Morgan fingerprint density at radius 1 is 0.475 bits per heavy atom. The summed E-state index contributed by atoms with van der Waals surface area (Å²) in [5, 5.41) is 2.62. The molecule has 0 fully saturated rings. The maximum atomic E-state index is 2.49. The molecule has 0 unspecified atom stereocenters. The van der Waals surface area contributed by atoms with Crippen LogP contribution >= 0.6 is 0 Å². The van der Waals surface area contributed by atoms with Crippen LogP contribution in [0.5, 0.6) is 0 Å². The molecule has 0 saturated heterocycles. The van der Waals surface area contributed by atoms with E-state index in [-0.39, 0.29) is 10.8 Å². The van der Waals surface area contributed by atoms with Crippen molar-refractivity contribution in [2.75, 3.05) is 4.90 Å². The molecule has 2 nitrogen and oxygen atoms in total. The van der Waals surface area contributed by atoms with Gasteiger partial charge in [-0.2, -0.15) is 0 Å². The van der Waals surface area contributed by atoms with Gasteiger partial charge in [0.1, 0.15) is 0 Å². The predicted molar refractivity (Wildman–Crippen MR) is 171 cm³/mol. The quantitative estimate of drug-likeness (QED) is 0.209. The lowest BCUT2D eigenvalue weighted by atomic mass is 9.73. The highest BCUT2D eigenvalue weighted by atomic mass is 15.2. The van der Waals surface area contributed by atoms with Crippen molar-refractivity contribution in [2.24, 2.45) is 0 Å². The Morgan fingerprint density at radius 2 is 0.975 bits per heavy atom. The van der Waals surface area contributed by atoms with E-state index in [0.29, 0.717) is 0 Å². The zero-order valence-electron chi connectivity index (χ0n) is 24.3. The van der Waals surface area contributed by atoms with Crippen molar-refractivity contribution >= 4 is 38.9 Å². The minimum atomic E-state index is -0.0627.